The largest absolute Gasteiger partial charge is 0.573 e. The number of nitrogens with one attached hydrogen (secondary N) is 1. The summed E-state index contributed by atoms with van der Waals surface area (Å²) < 4.78 is 40.8. The van der Waals surface area contributed by atoms with E-state index in [1.165, 1.54) is 17.8 Å². The molecule has 35 heavy (non-hydrogen) atoms. The summed E-state index contributed by atoms with van der Waals surface area (Å²) in [5, 5.41) is 4.08. The minimum absolute atomic E-state index is 0.175. The van der Waals surface area contributed by atoms with E-state index in [9.17, 15) is 18.0 Å². The Morgan fingerprint density at radius 3 is 2.17 bits per heavy atom. The monoisotopic (exact) mass is 510 g/mol. The highest BCUT2D eigenvalue weighted by molar-refractivity contribution is 6.30. The van der Waals surface area contributed by atoms with Crippen molar-refractivity contribution in [3.8, 4) is 5.75 Å². The van der Waals surface area contributed by atoms with Crippen LogP contribution in [0.1, 0.15) is 19.3 Å². The SMILES string of the molecule is O=C(CCN1CCN(c2ccc(Cl)cc2)CC1)N1CCC(Nc2ccc(OC(F)(F)F)cc2)CC1. The molecule has 10 heteroatoms. The minimum Gasteiger partial charge on any atom is -0.406 e. The Morgan fingerprint density at radius 1 is 0.943 bits per heavy atom. The Morgan fingerprint density at radius 2 is 1.57 bits per heavy atom. The molecule has 2 saturated heterocycles. The molecular formula is C25H30ClF3N4O2. The number of piperidine rings is 1. The maximum atomic E-state index is 12.7. The summed E-state index contributed by atoms with van der Waals surface area (Å²) in [5.41, 5.74) is 1.91. The topological polar surface area (TPSA) is 48.1 Å². The zero-order valence-corrected chi connectivity index (χ0v) is 20.2. The van der Waals surface area contributed by atoms with Gasteiger partial charge in [0.15, 0.2) is 0 Å². The number of carbonyl (C=O) groups excluding carboxylic acids is 1. The highest BCUT2D eigenvalue weighted by Gasteiger charge is 2.31. The van der Waals surface area contributed by atoms with E-state index in [0.717, 1.165) is 56.3 Å². The fourth-order valence-corrected chi connectivity index (χ4v) is 4.68. The minimum atomic E-state index is -4.69. The van der Waals surface area contributed by atoms with Crippen molar-refractivity contribution < 1.29 is 22.7 Å². The number of benzene rings is 2. The number of halogens is 4. The van der Waals surface area contributed by atoms with Crippen LogP contribution in [-0.2, 0) is 4.79 Å². The highest BCUT2D eigenvalue weighted by atomic mass is 35.5. The van der Waals surface area contributed by atoms with Gasteiger partial charge in [0.1, 0.15) is 5.75 Å². The maximum absolute atomic E-state index is 12.7. The number of hydrogen-bond acceptors (Lipinski definition) is 5. The molecule has 190 valence electrons. The van der Waals surface area contributed by atoms with Gasteiger partial charge in [0.25, 0.3) is 0 Å². The molecule has 0 saturated carbocycles. The van der Waals surface area contributed by atoms with Gasteiger partial charge in [-0.1, -0.05) is 11.6 Å². The molecule has 0 radical (unpaired) electrons. The predicted molar refractivity (Wildman–Crippen MR) is 131 cm³/mol. The van der Waals surface area contributed by atoms with E-state index in [2.05, 4.69) is 19.9 Å². The van der Waals surface area contributed by atoms with Crippen molar-refractivity contribution in [1.82, 2.24) is 9.80 Å². The third kappa shape index (κ3) is 7.67. The van der Waals surface area contributed by atoms with Gasteiger partial charge in [-0.05, 0) is 61.4 Å². The van der Waals surface area contributed by atoms with Gasteiger partial charge in [-0.3, -0.25) is 9.69 Å². The first-order chi connectivity index (χ1) is 16.7. The summed E-state index contributed by atoms with van der Waals surface area (Å²) in [6, 6.07) is 13.8. The van der Waals surface area contributed by atoms with Crippen LogP contribution in [0.15, 0.2) is 48.5 Å². The predicted octanol–water partition coefficient (Wildman–Crippen LogP) is 4.85. The first-order valence-electron chi connectivity index (χ1n) is 11.9. The van der Waals surface area contributed by atoms with Crippen LogP contribution in [0.5, 0.6) is 5.75 Å². The van der Waals surface area contributed by atoms with Crippen molar-refractivity contribution in [1.29, 1.82) is 0 Å². The molecule has 1 N–H and O–H groups in total. The average Bonchev–Trinajstić information content (AvgIpc) is 2.84. The summed E-state index contributed by atoms with van der Waals surface area (Å²) in [7, 11) is 0. The van der Waals surface area contributed by atoms with Gasteiger partial charge < -0.3 is 19.9 Å². The van der Waals surface area contributed by atoms with E-state index in [0.29, 0.717) is 19.5 Å². The smallest absolute Gasteiger partial charge is 0.406 e. The third-order valence-corrected chi connectivity index (χ3v) is 6.76. The lowest BCUT2D eigenvalue weighted by Crippen LogP contribution is -2.48. The van der Waals surface area contributed by atoms with Crippen molar-refractivity contribution in [2.45, 2.75) is 31.7 Å². The average molecular weight is 511 g/mol. The number of ether oxygens (including phenoxy) is 1. The molecule has 2 aromatic carbocycles. The van der Waals surface area contributed by atoms with E-state index in [4.69, 9.17) is 11.6 Å². The summed E-state index contributed by atoms with van der Waals surface area (Å²) in [4.78, 5) is 19.3. The lowest BCUT2D eigenvalue weighted by Gasteiger charge is -2.37. The van der Waals surface area contributed by atoms with Crippen molar-refractivity contribution in [2.24, 2.45) is 0 Å². The molecule has 0 bridgehead atoms. The first-order valence-corrected chi connectivity index (χ1v) is 12.3. The molecule has 0 spiro atoms. The van der Waals surface area contributed by atoms with Gasteiger partial charge in [0.05, 0.1) is 0 Å². The zero-order valence-electron chi connectivity index (χ0n) is 19.4. The molecule has 0 aliphatic carbocycles. The van der Waals surface area contributed by atoms with Crippen LogP contribution in [0.2, 0.25) is 5.02 Å². The molecule has 2 aliphatic rings. The van der Waals surface area contributed by atoms with Crippen LogP contribution in [0.3, 0.4) is 0 Å². The van der Waals surface area contributed by atoms with E-state index in [1.807, 2.05) is 29.2 Å². The number of likely N-dealkylation sites (tertiary alicyclic amines) is 1. The number of nitrogens with zero attached hydrogens (tertiary/aromatic N) is 3. The van der Waals surface area contributed by atoms with Crippen molar-refractivity contribution in [2.75, 3.05) is 56.0 Å². The Balaban J connectivity index is 1.14. The molecule has 2 heterocycles. The molecule has 2 aromatic rings. The van der Waals surface area contributed by atoms with Crippen LogP contribution in [0.25, 0.3) is 0 Å². The van der Waals surface area contributed by atoms with Crippen molar-refractivity contribution in [3.63, 3.8) is 0 Å². The standard InChI is InChI=1S/C25H30ClF3N4O2/c26-19-1-5-22(6-2-19)32-17-15-31(16-18-32)12-11-24(34)33-13-9-21(10-14-33)30-20-3-7-23(8-4-20)35-25(27,28)29/h1-8,21,30H,9-18H2. The second-order valence-corrected chi connectivity index (χ2v) is 9.36. The lowest BCUT2D eigenvalue weighted by molar-refractivity contribution is -0.274. The van der Waals surface area contributed by atoms with Gasteiger partial charge >= 0.3 is 6.36 Å². The summed E-state index contributed by atoms with van der Waals surface area (Å²) in [6.07, 6.45) is -2.58. The number of rotatable bonds is 7. The van der Waals surface area contributed by atoms with Crippen LogP contribution in [-0.4, -0.2) is 73.9 Å². The van der Waals surface area contributed by atoms with Gasteiger partial charge in [-0.2, -0.15) is 0 Å². The van der Waals surface area contributed by atoms with Crippen molar-refractivity contribution in [3.05, 3.63) is 53.6 Å². The number of hydrogen-bond donors (Lipinski definition) is 1. The number of carbonyl (C=O) groups is 1. The van der Waals surface area contributed by atoms with Crippen LogP contribution in [0, 0.1) is 0 Å². The van der Waals surface area contributed by atoms with E-state index < -0.39 is 6.36 Å². The second-order valence-electron chi connectivity index (χ2n) is 8.93. The Labute approximate surface area is 208 Å². The Kier molecular flexibility index (Phi) is 8.28. The lowest BCUT2D eigenvalue weighted by atomic mass is 10.0. The third-order valence-electron chi connectivity index (χ3n) is 6.51. The molecule has 4 rings (SSSR count). The molecule has 6 nitrogen and oxygen atoms in total. The number of amides is 1. The van der Waals surface area contributed by atoms with E-state index >= 15 is 0 Å². The fraction of sp³-hybridized carbons (Fsp3) is 0.480. The molecule has 0 atom stereocenters. The van der Waals surface area contributed by atoms with Crippen LogP contribution >= 0.6 is 11.6 Å². The van der Waals surface area contributed by atoms with Gasteiger partial charge in [-0.15, -0.1) is 13.2 Å². The van der Waals surface area contributed by atoms with Gasteiger partial charge in [0, 0.05) is 74.7 Å². The van der Waals surface area contributed by atoms with Crippen molar-refractivity contribution >= 4 is 28.9 Å². The highest BCUT2D eigenvalue weighted by Crippen LogP contribution is 2.25. The molecular weight excluding hydrogens is 481 g/mol. The van der Waals surface area contributed by atoms with E-state index in [-0.39, 0.29) is 17.7 Å². The molecule has 0 unspecified atom stereocenters. The fourth-order valence-electron chi connectivity index (χ4n) is 4.56. The quantitative estimate of drug-likeness (QED) is 0.577. The van der Waals surface area contributed by atoms with Crippen LogP contribution < -0.4 is 15.0 Å². The van der Waals surface area contributed by atoms with Gasteiger partial charge in [-0.25, -0.2) is 0 Å². The summed E-state index contributed by atoms with van der Waals surface area (Å²) in [5.74, 6) is -0.0629. The molecule has 2 fully saturated rings. The molecule has 2 aliphatic heterocycles. The second kappa shape index (κ2) is 11.4. The number of piperazine rings is 1. The Bertz CT molecular complexity index is 956. The number of alkyl halides is 3. The zero-order chi connectivity index (χ0) is 24.8. The number of anilines is 2. The van der Waals surface area contributed by atoms with Gasteiger partial charge in [0.2, 0.25) is 5.91 Å². The normalized spacial score (nSPS) is 17.9. The Hall–Kier alpha value is -2.65. The first kappa shape index (κ1) is 25.4. The maximum Gasteiger partial charge on any atom is 0.573 e. The summed E-state index contributed by atoms with van der Waals surface area (Å²) in [6.45, 7) is 5.82. The molecule has 0 aromatic heterocycles. The van der Waals surface area contributed by atoms with Crippen LogP contribution in [0.4, 0.5) is 24.5 Å². The van der Waals surface area contributed by atoms with E-state index in [1.54, 1.807) is 12.1 Å². The summed E-state index contributed by atoms with van der Waals surface area (Å²) >= 11 is 5.97. The molecule has 1 amide bonds.